The molecule has 25 heavy (non-hydrogen) atoms. The van der Waals surface area contributed by atoms with E-state index in [0.29, 0.717) is 30.8 Å². The molecule has 0 bridgehead atoms. The fourth-order valence-electron chi connectivity index (χ4n) is 3.30. The number of ether oxygens (including phenoxy) is 1. The zero-order valence-electron chi connectivity index (χ0n) is 14.0. The van der Waals surface area contributed by atoms with Gasteiger partial charge in [0.2, 0.25) is 0 Å². The third kappa shape index (κ3) is 4.48. The first-order chi connectivity index (χ1) is 11.5. The zero-order chi connectivity index (χ0) is 17.2. The Balaban J connectivity index is 0.00000225. The Morgan fingerprint density at radius 3 is 2.68 bits per heavy atom. The first-order valence-corrected chi connectivity index (χ1v) is 8.03. The van der Waals surface area contributed by atoms with E-state index in [2.05, 4.69) is 4.90 Å². The largest absolute Gasteiger partial charge is 0.497 e. The van der Waals surface area contributed by atoms with E-state index in [9.17, 15) is 13.9 Å². The molecule has 1 atom stereocenters. The van der Waals surface area contributed by atoms with Crippen LogP contribution >= 0.6 is 12.4 Å². The molecule has 1 saturated heterocycles. The molecule has 1 aliphatic heterocycles. The smallest absolute Gasteiger partial charge is 0.159 e. The maximum absolute atomic E-state index is 13.4. The van der Waals surface area contributed by atoms with Crippen molar-refractivity contribution < 1.29 is 18.6 Å². The van der Waals surface area contributed by atoms with E-state index >= 15 is 0 Å². The van der Waals surface area contributed by atoms with Gasteiger partial charge in [-0.3, -0.25) is 4.90 Å². The van der Waals surface area contributed by atoms with Gasteiger partial charge in [0.15, 0.2) is 11.6 Å². The molecule has 1 aliphatic rings. The quantitative estimate of drug-likeness (QED) is 0.887. The maximum atomic E-state index is 13.4. The lowest BCUT2D eigenvalue weighted by molar-refractivity contribution is -0.0382. The number of aliphatic hydroxyl groups is 1. The van der Waals surface area contributed by atoms with Crippen molar-refractivity contribution in [1.29, 1.82) is 0 Å². The lowest BCUT2D eigenvalue weighted by Crippen LogP contribution is -2.45. The molecule has 3 rings (SSSR count). The van der Waals surface area contributed by atoms with E-state index in [4.69, 9.17) is 4.74 Å². The number of methoxy groups -OCH3 is 1. The molecule has 2 aromatic rings. The summed E-state index contributed by atoms with van der Waals surface area (Å²) in [6.07, 6.45) is 1.49. The van der Waals surface area contributed by atoms with Gasteiger partial charge in [0.05, 0.1) is 7.11 Å². The van der Waals surface area contributed by atoms with Crippen molar-refractivity contribution in [2.45, 2.75) is 25.0 Å². The molecule has 0 radical (unpaired) electrons. The lowest BCUT2D eigenvalue weighted by Gasteiger charge is -2.39. The number of likely N-dealkylation sites (tertiary alicyclic amines) is 1. The normalized spacial score (nSPS) is 20.8. The Morgan fingerprint density at radius 2 is 1.96 bits per heavy atom. The lowest BCUT2D eigenvalue weighted by atomic mass is 9.85. The van der Waals surface area contributed by atoms with Crippen LogP contribution in [0, 0.1) is 11.6 Å². The maximum Gasteiger partial charge on any atom is 0.159 e. The highest BCUT2D eigenvalue weighted by Gasteiger charge is 2.35. The number of halogens is 3. The van der Waals surface area contributed by atoms with Crippen molar-refractivity contribution in [2.75, 3.05) is 20.2 Å². The first-order valence-electron chi connectivity index (χ1n) is 8.03. The van der Waals surface area contributed by atoms with Crippen LogP contribution in [-0.2, 0) is 12.1 Å². The predicted octanol–water partition coefficient (Wildman–Crippen LogP) is 3.88. The van der Waals surface area contributed by atoms with Crippen LogP contribution in [-0.4, -0.2) is 30.2 Å². The van der Waals surface area contributed by atoms with Gasteiger partial charge in [-0.1, -0.05) is 18.2 Å². The van der Waals surface area contributed by atoms with Crippen LogP contribution in [0.3, 0.4) is 0 Å². The summed E-state index contributed by atoms with van der Waals surface area (Å²) >= 11 is 0. The number of β-amino-alcohol motifs (C(OH)–C–C–N with tert-alkyl or cyclic N) is 1. The molecule has 0 saturated carbocycles. The van der Waals surface area contributed by atoms with E-state index < -0.39 is 17.2 Å². The second-order valence-corrected chi connectivity index (χ2v) is 6.33. The molecular weight excluding hydrogens is 348 g/mol. The molecule has 1 fully saturated rings. The highest BCUT2D eigenvalue weighted by Crippen LogP contribution is 2.33. The van der Waals surface area contributed by atoms with Crippen molar-refractivity contribution in [1.82, 2.24) is 4.90 Å². The van der Waals surface area contributed by atoms with Gasteiger partial charge >= 0.3 is 0 Å². The van der Waals surface area contributed by atoms with Gasteiger partial charge in [0.1, 0.15) is 11.4 Å². The Kier molecular flexibility index (Phi) is 6.38. The summed E-state index contributed by atoms with van der Waals surface area (Å²) in [6.45, 7) is 1.73. The van der Waals surface area contributed by atoms with Crippen LogP contribution in [0.25, 0.3) is 0 Å². The molecule has 136 valence electrons. The summed E-state index contributed by atoms with van der Waals surface area (Å²) in [5, 5.41) is 11.1. The van der Waals surface area contributed by atoms with Crippen LogP contribution in [0.2, 0.25) is 0 Å². The Bertz CT molecular complexity index is 728. The van der Waals surface area contributed by atoms with Crippen molar-refractivity contribution in [3.05, 3.63) is 65.2 Å². The van der Waals surface area contributed by atoms with Crippen molar-refractivity contribution >= 4 is 12.4 Å². The van der Waals surface area contributed by atoms with E-state index in [1.54, 1.807) is 13.2 Å². The standard InChI is InChI=1S/C19H21F2NO2.ClH/c1-24-16-5-2-4-15(11-16)19(23)8-3-9-22(13-19)12-14-6-7-17(20)18(21)10-14;/h2,4-7,10-11,23H,3,8-9,12-13H2,1H3;1H. The molecule has 1 unspecified atom stereocenters. The number of rotatable bonds is 4. The highest BCUT2D eigenvalue weighted by atomic mass is 35.5. The molecule has 6 heteroatoms. The average molecular weight is 370 g/mol. The van der Waals surface area contributed by atoms with Gasteiger partial charge in [0, 0.05) is 13.1 Å². The van der Waals surface area contributed by atoms with Crippen LogP contribution in [0.1, 0.15) is 24.0 Å². The minimum Gasteiger partial charge on any atom is -0.497 e. The van der Waals surface area contributed by atoms with Gasteiger partial charge in [-0.2, -0.15) is 0 Å². The third-order valence-corrected chi connectivity index (χ3v) is 4.55. The molecular formula is C19H22ClF2NO2. The van der Waals surface area contributed by atoms with Gasteiger partial charge in [-0.25, -0.2) is 8.78 Å². The summed E-state index contributed by atoms with van der Waals surface area (Å²) < 4.78 is 31.7. The van der Waals surface area contributed by atoms with E-state index in [1.165, 1.54) is 6.07 Å². The summed E-state index contributed by atoms with van der Waals surface area (Å²) in [4.78, 5) is 2.07. The van der Waals surface area contributed by atoms with E-state index in [-0.39, 0.29) is 12.4 Å². The number of hydrogen-bond acceptors (Lipinski definition) is 3. The second-order valence-electron chi connectivity index (χ2n) is 6.33. The van der Waals surface area contributed by atoms with Gasteiger partial charge in [-0.05, 0) is 54.8 Å². The molecule has 0 aromatic heterocycles. The minimum absolute atomic E-state index is 0. The fraction of sp³-hybridized carbons (Fsp3) is 0.368. The van der Waals surface area contributed by atoms with Crippen LogP contribution < -0.4 is 4.74 Å². The monoisotopic (exact) mass is 369 g/mol. The predicted molar refractivity (Wildman–Crippen MR) is 95.0 cm³/mol. The molecule has 1 heterocycles. The van der Waals surface area contributed by atoms with Crippen LogP contribution in [0.5, 0.6) is 5.75 Å². The number of benzene rings is 2. The third-order valence-electron chi connectivity index (χ3n) is 4.55. The van der Waals surface area contributed by atoms with Gasteiger partial charge in [-0.15, -0.1) is 12.4 Å². The van der Waals surface area contributed by atoms with E-state index in [0.717, 1.165) is 24.6 Å². The molecule has 2 aromatic carbocycles. The average Bonchev–Trinajstić information content (AvgIpc) is 2.58. The summed E-state index contributed by atoms with van der Waals surface area (Å²) in [5.74, 6) is -0.975. The molecule has 0 aliphatic carbocycles. The summed E-state index contributed by atoms with van der Waals surface area (Å²) in [6, 6.07) is 11.4. The Labute approximate surface area is 152 Å². The SMILES string of the molecule is COc1cccc(C2(O)CCCN(Cc3ccc(F)c(F)c3)C2)c1.Cl. The Morgan fingerprint density at radius 1 is 1.16 bits per heavy atom. The molecule has 0 spiro atoms. The van der Waals surface area contributed by atoms with Crippen molar-refractivity contribution in [2.24, 2.45) is 0 Å². The summed E-state index contributed by atoms with van der Waals surface area (Å²) in [5.41, 5.74) is 0.548. The zero-order valence-corrected chi connectivity index (χ0v) is 14.9. The van der Waals surface area contributed by atoms with Gasteiger partial charge < -0.3 is 9.84 Å². The van der Waals surface area contributed by atoms with Crippen molar-refractivity contribution in [3.8, 4) is 5.75 Å². The number of hydrogen-bond donors (Lipinski definition) is 1. The minimum atomic E-state index is -0.967. The fourth-order valence-corrected chi connectivity index (χ4v) is 3.30. The second kappa shape index (κ2) is 8.13. The molecule has 3 nitrogen and oxygen atoms in total. The van der Waals surface area contributed by atoms with Crippen molar-refractivity contribution in [3.63, 3.8) is 0 Å². The van der Waals surface area contributed by atoms with Crippen LogP contribution in [0.15, 0.2) is 42.5 Å². The van der Waals surface area contributed by atoms with E-state index in [1.807, 2.05) is 24.3 Å². The van der Waals surface area contributed by atoms with Gasteiger partial charge in [0.25, 0.3) is 0 Å². The number of nitrogens with zero attached hydrogens (tertiary/aromatic N) is 1. The molecule has 1 N–H and O–H groups in total. The molecule has 0 amide bonds. The highest BCUT2D eigenvalue weighted by molar-refractivity contribution is 5.85. The Hall–Kier alpha value is -1.69. The van der Waals surface area contributed by atoms with Crippen LogP contribution in [0.4, 0.5) is 8.78 Å². The number of piperidine rings is 1. The summed E-state index contributed by atoms with van der Waals surface area (Å²) in [7, 11) is 1.60. The first kappa shape index (κ1) is 19.6. The topological polar surface area (TPSA) is 32.7 Å².